The fraction of sp³-hybridized carbons (Fsp3) is 0.571. The van der Waals surface area contributed by atoms with Crippen LogP contribution in [0.3, 0.4) is 0 Å². The summed E-state index contributed by atoms with van der Waals surface area (Å²) in [5, 5.41) is 10.8. The molecular weight excluding hydrogens is 428 g/mol. The molecule has 1 aromatic carbocycles. The highest BCUT2D eigenvalue weighted by Crippen LogP contribution is 2.33. The third-order valence-corrected chi connectivity index (χ3v) is 7.18. The zero-order valence-corrected chi connectivity index (χ0v) is 21.1. The van der Waals surface area contributed by atoms with Crippen molar-refractivity contribution in [3.63, 3.8) is 0 Å². The number of aromatic nitrogens is 2. The van der Waals surface area contributed by atoms with Crippen molar-refractivity contribution in [1.82, 2.24) is 9.97 Å². The molecule has 3 rings (SSSR count). The monoisotopic (exact) mass is 466 g/mol. The lowest BCUT2D eigenvalue weighted by Crippen LogP contribution is -2.39. The molecular formula is C28H38N2O4. The van der Waals surface area contributed by atoms with Gasteiger partial charge in [-0.05, 0) is 56.2 Å². The lowest BCUT2D eigenvalue weighted by molar-refractivity contribution is -0.150. The second kappa shape index (κ2) is 11.2. The van der Waals surface area contributed by atoms with Crippen molar-refractivity contribution >= 4 is 22.8 Å². The number of Topliss-reactive ketones (excluding diaryl/α,β-unsaturated/α-hetero) is 1. The number of carbonyl (C=O) groups excluding carboxylic acids is 2. The summed E-state index contributed by atoms with van der Waals surface area (Å²) in [7, 11) is 0. The van der Waals surface area contributed by atoms with E-state index in [-0.39, 0.29) is 24.1 Å². The summed E-state index contributed by atoms with van der Waals surface area (Å²) in [5.74, 6) is -0.777. The fourth-order valence-corrected chi connectivity index (χ4v) is 4.74. The van der Waals surface area contributed by atoms with Crippen LogP contribution in [-0.2, 0) is 14.3 Å². The highest BCUT2D eigenvalue weighted by molar-refractivity contribution is 5.87. The number of allylic oxidation sites excluding steroid dienone is 1. The standard InChI is InChI=1S/C28H38N2O4/c1-18-7-6-8-19(2)26(32)20(3)27(33)28(4,5)14-13-25(31)34-24(12-9-18)21-10-11-22-23(17-21)30-16-15-29-22/h9-11,15-17,19-20,24,26,32H,6-8,12-14H2,1-5H3/b18-9-/t19-,20+,24-,26-/m0/s1. The number of nitrogens with zero attached hydrogens (tertiary/aromatic N) is 2. The summed E-state index contributed by atoms with van der Waals surface area (Å²) >= 11 is 0. The topological polar surface area (TPSA) is 89.4 Å². The molecule has 1 N–H and O–H groups in total. The Hall–Kier alpha value is -2.60. The maximum Gasteiger partial charge on any atom is 0.306 e. The van der Waals surface area contributed by atoms with E-state index in [2.05, 4.69) is 23.0 Å². The summed E-state index contributed by atoms with van der Waals surface area (Å²) in [5.41, 5.74) is 2.94. The van der Waals surface area contributed by atoms with Crippen LogP contribution in [0.15, 0.2) is 42.2 Å². The van der Waals surface area contributed by atoms with Gasteiger partial charge in [0.1, 0.15) is 11.9 Å². The van der Waals surface area contributed by atoms with Crippen LogP contribution in [0.1, 0.15) is 84.8 Å². The highest BCUT2D eigenvalue weighted by atomic mass is 16.5. The summed E-state index contributed by atoms with van der Waals surface area (Å²) in [6.07, 6.45) is 8.11. The summed E-state index contributed by atoms with van der Waals surface area (Å²) in [6, 6.07) is 5.77. The SMILES string of the molecule is C/C1=C/C[C@@H](c2ccc3nccnc3c2)OC(=O)CCC(C)(C)C(=O)[C@H](C)[C@@H](O)[C@@H](C)CCC1. The van der Waals surface area contributed by atoms with E-state index in [0.29, 0.717) is 12.8 Å². The molecule has 4 atom stereocenters. The van der Waals surface area contributed by atoms with Crippen LogP contribution in [0.5, 0.6) is 0 Å². The van der Waals surface area contributed by atoms with Crippen LogP contribution in [0.2, 0.25) is 0 Å². The first-order valence-electron chi connectivity index (χ1n) is 12.4. The Balaban J connectivity index is 1.87. The molecule has 1 aliphatic heterocycles. The van der Waals surface area contributed by atoms with Gasteiger partial charge in [0.25, 0.3) is 0 Å². The van der Waals surface area contributed by atoms with Gasteiger partial charge in [0, 0.05) is 36.6 Å². The van der Waals surface area contributed by atoms with Crippen LogP contribution in [0.25, 0.3) is 11.0 Å². The molecule has 6 heteroatoms. The van der Waals surface area contributed by atoms with E-state index in [1.807, 2.05) is 39.0 Å². The van der Waals surface area contributed by atoms with E-state index in [4.69, 9.17) is 4.74 Å². The molecule has 2 aromatic rings. The van der Waals surface area contributed by atoms with Crippen LogP contribution >= 0.6 is 0 Å². The number of esters is 1. The fourth-order valence-electron chi connectivity index (χ4n) is 4.74. The van der Waals surface area contributed by atoms with Crippen LogP contribution < -0.4 is 0 Å². The molecule has 184 valence electrons. The first-order chi connectivity index (χ1) is 16.1. The van der Waals surface area contributed by atoms with Gasteiger partial charge >= 0.3 is 5.97 Å². The van der Waals surface area contributed by atoms with Crippen molar-refractivity contribution in [2.75, 3.05) is 0 Å². The van der Waals surface area contributed by atoms with Gasteiger partial charge in [-0.3, -0.25) is 19.6 Å². The zero-order valence-electron chi connectivity index (χ0n) is 21.1. The predicted molar refractivity (Wildman–Crippen MR) is 133 cm³/mol. The smallest absolute Gasteiger partial charge is 0.306 e. The minimum Gasteiger partial charge on any atom is -0.457 e. The van der Waals surface area contributed by atoms with Crippen LogP contribution in [0, 0.1) is 17.3 Å². The number of fused-ring (bicyclic) bond motifs is 1. The molecule has 34 heavy (non-hydrogen) atoms. The number of cyclic esters (lactones) is 1. The number of benzene rings is 1. The Morgan fingerprint density at radius 3 is 2.50 bits per heavy atom. The maximum absolute atomic E-state index is 13.2. The number of ether oxygens (including phenoxy) is 1. The number of rotatable bonds is 1. The second-order valence-electron chi connectivity index (χ2n) is 10.5. The van der Waals surface area contributed by atoms with Crippen molar-refractivity contribution < 1.29 is 19.4 Å². The third kappa shape index (κ3) is 6.50. The number of aliphatic hydroxyl groups is 1. The minimum absolute atomic E-state index is 0.00697. The van der Waals surface area contributed by atoms with Crippen molar-refractivity contribution in [1.29, 1.82) is 0 Å². The molecule has 0 saturated carbocycles. The average Bonchev–Trinajstić information content (AvgIpc) is 2.83. The number of hydrogen-bond donors (Lipinski definition) is 1. The normalized spacial score (nSPS) is 29.3. The second-order valence-corrected chi connectivity index (χ2v) is 10.5. The molecule has 0 amide bonds. The first kappa shape index (κ1) is 26.0. The lowest BCUT2D eigenvalue weighted by Gasteiger charge is -2.31. The van der Waals surface area contributed by atoms with Crippen molar-refractivity contribution in [2.45, 2.75) is 85.4 Å². The lowest BCUT2D eigenvalue weighted by atomic mass is 9.74. The van der Waals surface area contributed by atoms with Gasteiger partial charge in [-0.15, -0.1) is 0 Å². The molecule has 0 saturated heterocycles. The third-order valence-electron chi connectivity index (χ3n) is 7.18. The average molecular weight is 467 g/mol. The Morgan fingerprint density at radius 1 is 1.06 bits per heavy atom. The van der Waals surface area contributed by atoms with Gasteiger partial charge in [-0.25, -0.2) is 0 Å². The highest BCUT2D eigenvalue weighted by Gasteiger charge is 2.36. The molecule has 1 aromatic heterocycles. The summed E-state index contributed by atoms with van der Waals surface area (Å²) in [4.78, 5) is 34.7. The number of aliphatic hydroxyl groups excluding tert-OH is 1. The Kier molecular flexibility index (Phi) is 8.58. The zero-order chi connectivity index (χ0) is 24.9. The molecule has 0 spiro atoms. The van der Waals surface area contributed by atoms with Gasteiger partial charge in [0.05, 0.1) is 17.1 Å². The molecule has 0 unspecified atom stereocenters. The van der Waals surface area contributed by atoms with Crippen LogP contribution in [0.4, 0.5) is 0 Å². The molecule has 1 aliphatic rings. The number of carbonyl (C=O) groups is 2. The predicted octanol–water partition coefficient (Wildman–Crippen LogP) is 5.74. The Bertz CT molecular complexity index is 1050. The number of ketones is 1. The maximum atomic E-state index is 13.2. The molecule has 6 nitrogen and oxygen atoms in total. The molecule has 0 aliphatic carbocycles. The van der Waals surface area contributed by atoms with E-state index in [1.54, 1.807) is 19.3 Å². The van der Waals surface area contributed by atoms with Gasteiger partial charge in [0.2, 0.25) is 0 Å². The van der Waals surface area contributed by atoms with E-state index in [9.17, 15) is 14.7 Å². The van der Waals surface area contributed by atoms with Gasteiger partial charge in [-0.2, -0.15) is 0 Å². The molecule has 2 heterocycles. The van der Waals surface area contributed by atoms with Crippen molar-refractivity contribution in [3.8, 4) is 0 Å². The Labute approximate surface area is 202 Å². The minimum atomic E-state index is -0.721. The first-order valence-corrected chi connectivity index (χ1v) is 12.4. The quantitative estimate of drug-likeness (QED) is 0.426. The molecule has 0 bridgehead atoms. The van der Waals surface area contributed by atoms with Gasteiger partial charge in [0.15, 0.2) is 0 Å². The largest absolute Gasteiger partial charge is 0.457 e. The van der Waals surface area contributed by atoms with Crippen molar-refractivity contribution in [2.24, 2.45) is 17.3 Å². The van der Waals surface area contributed by atoms with Gasteiger partial charge < -0.3 is 9.84 Å². The summed E-state index contributed by atoms with van der Waals surface area (Å²) < 4.78 is 5.94. The molecule has 0 fully saturated rings. The van der Waals surface area contributed by atoms with E-state index in [1.165, 1.54) is 5.57 Å². The van der Waals surface area contributed by atoms with E-state index < -0.39 is 23.5 Å². The summed E-state index contributed by atoms with van der Waals surface area (Å²) in [6.45, 7) is 9.61. The van der Waals surface area contributed by atoms with Crippen LogP contribution in [-0.4, -0.2) is 32.9 Å². The van der Waals surface area contributed by atoms with E-state index in [0.717, 1.165) is 35.9 Å². The van der Waals surface area contributed by atoms with E-state index >= 15 is 0 Å². The Morgan fingerprint density at radius 2 is 1.76 bits per heavy atom. The molecule has 0 radical (unpaired) electrons. The number of hydrogen-bond acceptors (Lipinski definition) is 6. The van der Waals surface area contributed by atoms with Crippen molar-refractivity contribution in [3.05, 3.63) is 47.8 Å². The van der Waals surface area contributed by atoms with Gasteiger partial charge in [-0.1, -0.05) is 45.4 Å².